The number of nitrogens with zero attached hydrogens (tertiary/aromatic N) is 2. The maximum absolute atomic E-state index is 11.3. The zero-order valence-corrected chi connectivity index (χ0v) is 15.2. The summed E-state index contributed by atoms with van der Waals surface area (Å²) in [5.74, 6) is -0.627. The number of hydrogen-bond acceptors (Lipinski definition) is 8. The van der Waals surface area contributed by atoms with Crippen LogP contribution in [0.2, 0.25) is 0 Å². The third kappa shape index (κ3) is 5.92. The van der Waals surface area contributed by atoms with Crippen molar-refractivity contribution in [1.29, 1.82) is 0 Å². The number of carboxylic acids is 1. The summed E-state index contributed by atoms with van der Waals surface area (Å²) in [4.78, 5) is 26.7. The molecule has 0 aliphatic carbocycles. The molecule has 0 fully saturated rings. The minimum Gasteiger partial charge on any atom is -0.544 e. The highest BCUT2D eigenvalue weighted by molar-refractivity contribution is 8.04. The number of benzene rings is 1. The van der Waals surface area contributed by atoms with Gasteiger partial charge >= 0.3 is 5.97 Å². The van der Waals surface area contributed by atoms with E-state index < -0.39 is 11.9 Å². The molecule has 0 bridgehead atoms. The highest BCUT2D eigenvalue weighted by Gasteiger charge is 2.08. The zero-order valence-electron chi connectivity index (χ0n) is 14.4. The Morgan fingerprint density at radius 2 is 2.00 bits per heavy atom. The fraction of sp³-hybridized carbons (Fsp3) is 0.294. The molecule has 0 amide bonds. The smallest absolute Gasteiger partial charge is 0.344 e. The third-order valence-electron chi connectivity index (χ3n) is 3.09. The highest BCUT2D eigenvalue weighted by Crippen LogP contribution is 2.25. The van der Waals surface area contributed by atoms with Crippen LogP contribution in [0, 0.1) is 0 Å². The normalized spacial score (nSPS) is 11.2. The van der Waals surface area contributed by atoms with E-state index in [-0.39, 0.29) is 11.5 Å². The molecule has 2 rings (SSSR count). The van der Waals surface area contributed by atoms with E-state index in [1.165, 1.54) is 6.08 Å². The minimum absolute atomic E-state index is 0.0214. The first-order chi connectivity index (χ1) is 12.5. The molecule has 0 aliphatic rings. The number of hydrogen-bond donors (Lipinski definition) is 1. The average Bonchev–Trinajstić information content (AvgIpc) is 3.08. The number of nitrogens with one attached hydrogen (secondary N) is 1. The Morgan fingerprint density at radius 1 is 1.27 bits per heavy atom. The largest absolute Gasteiger partial charge is 0.544 e. The molecule has 0 unspecified atom stereocenters. The van der Waals surface area contributed by atoms with Crippen LogP contribution in [0.25, 0.3) is 6.08 Å². The van der Waals surface area contributed by atoms with Crippen LogP contribution in [0.15, 0.2) is 34.3 Å². The minimum atomic E-state index is -1.32. The topological polar surface area (TPSA) is 117 Å². The fourth-order valence-electron chi connectivity index (χ4n) is 1.87. The standard InChI is InChI=1S/C17H19N3O5S/c1-3-14-18-17(20-19-14)26-13(16(22)23)9-11-5-7-12(8-6-11)25-10-15(21)24-4-2/h5-9H,3-4,10H2,1-2H3,(H,22,23)(H,18,19,20)/p-1/b13-9-. The second-order valence-electron chi connectivity index (χ2n) is 4.98. The maximum Gasteiger partial charge on any atom is 0.344 e. The molecule has 26 heavy (non-hydrogen) atoms. The number of thioether (sulfide) groups is 1. The lowest BCUT2D eigenvalue weighted by atomic mass is 10.2. The second kappa shape index (κ2) is 9.62. The van der Waals surface area contributed by atoms with E-state index in [0.717, 1.165) is 11.8 Å². The first kappa shape index (κ1) is 19.5. The summed E-state index contributed by atoms with van der Waals surface area (Å²) in [6, 6.07) is 6.59. The van der Waals surface area contributed by atoms with E-state index >= 15 is 0 Å². The van der Waals surface area contributed by atoms with Crippen LogP contribution in [-0.2, 0) is 20.7 Å². The molecule has 1 heterocycles. The molecule has 138 valence electrons. The lowest BCUT2D eigenvalue weighted by Gasteiger charge is -2.07. The van der Waals surface area contributed by atoms with Gasteiger partial charge in [0.15, 0.2) is 6.61 Å². The van der Waals surface area contributed by atoms with Crippen molar-refractivity contribution in [3.63, 3.8) is 0 Å². The van der Waals surface area contributed by atoms with E-state index in [4.69, 9.17) is 9.47 Å². The molecule has 2 aromatic rings. The van der Waals surface area contributed by atoms with Crippen molar-refractivity contribution in [2.45, 2.75) is 25.4 Å². The van der Waals surface area contributed by atoms with Crippen LogP contribution in [0.4, 0.5) is 0 Å². The van der Waals surface area contributed by atoms with Gasteiger partial charge in [-0.3, -0.25) is 5.10 Å². The van der Waals surface area contributed by atoms with Crippen molar-refractivity contribution >= 4 is 29.8 Å². The molecule has 8 nitrogen and oxygen atoms in total. The number of rotatable bonds is 9. The monoisotopic (exact) mass is 376 g/mol. The van der Waals surface area contributed by atoms with Gasteiger partial charge in [0, 0.05) is 11.3 Å². The molecule has 0 spiro atoms. The molecule has 0 aliphatic heterocycles. The van der Waals surface area contributed by atoms with Gasteiger partial charge in [0.25, 0.3) is 0 Å². The fourth-order valence-corrected chi connectivity index (χ4v) is 2.59. The quantitative estimate of drug-likeness (QED) is 0.394. The molecule has 0 radical (unpaired) electrons. The van der Waals surface area contributed by atoms with E-state index in [0.29, 0.717) is 35.3 Å². The number of ether oxygens (including phenoxy) is 2. The van der Waals surface area contributed by atoms with Gasteiger partial charge in [-0.2, -0.15) is 0 Å². The average molecular weight is 376 g/mol. The number of carbonyl (C=O) groups is 2. The number of aliphatic carboxylic acids is 1. The summed E-state index contributed by atoms with van der Waals surface area (Å²) in [6.45, 7) is 3.73. The van der Waals surface area contributed by atoms with E-state index in [2.05, 4.69) is 15.2 Å². The Hall–Kier alpha value is -2.81. The lowest BCUT2D eigenvalue weighted by Crippen LogP contribution is -2.23. The Labute approximate surface area is 154 Å². The molecule has 9 heteroatoms. The summed E-state index contributed by atoms with van der Waals surface area (Å²) in [5.41, 5.74) is 0.631. The lowest BCUT2D eigenvalue weighted by molar-refractivity contribution is -0.298. The zero-order chi connectivity index (χ0) is 18.9. The van der Waals surface area contributed by atoms with Crippen LogP contribution >= 0.6 is 11.8 Å². The van der Waals surface area contributed by atoms with E-state index in [1.807, 2.05) is 6.92 Å². The van der Waals surface area contributed by atoms with Crippen LogP contribution < -0.4 is 9.84 Å². The molecule has 1 aromatic carbocycles. The van der Waals surface area contributed by atoms with Gasteiger partial charge in [-0.05, 0) is 42.5 Å². The number of carbonyl (C=O) groups excluding carboxylic acids is 2. The van der Waals surface area contributed by atoms with E-state index in [1.54, 1.807) is 31.2 Å². The summed E-state index contributed by atoms with van der Waals surface area (Å²) in [7, 11) is 0. The predicted octanol–water partition coefficient (Wildman–Crippen LogP) is 1.19. The second-order valence-corrected chi connectivity index (χ2v) is 5.99. The first-order valence-electron chi connectivity index (χ1n) is 7.92. The Balaban J connectivity index is 2.04. The van der Waals surface area contributed by atoms with Crippen molar-refractivity contribution in [2.75, 3.05) is 13.2 Å². The number of esters is 1. The molecule has 1 aromatic heterocycles. The molecule has 0 saturated heterocycles. The van der Waals surface area contributed by atoms with Crippen molar-refractivity contribution < 1.29 is 24.2 Å². The van der Waals surface area contributed by atoms with Gasteiger partial charge in [-0.15, -0.1) is 5.10 Å². The molecule has 1 N–H and O–H groups in total. The number of carboxylic acid groups (broad SMARTS) is 1. The van der Waals surface area contributed by atoms with Crippen molar-refractivity contribution in [3.05, 3.63) is 40.6 Å². The number of aromatic nitrogens is 3. The Kier molecular flexibility index (Phi) is 7.22. The predicted molar refractivity (Wildman–Crippen MR) is 93.2 cm³/mol. The van der Waals surface area contributed by atoms with Crippen molar-refractivity contribution in [1.82, 2.24) is 15.2 Å². The van der Waals surface area contributed by atoms with Crippen molar-refractivity contribution in [3.8, 4) is 5.75 Å². The van der Waals surface area contributed by atoms with Gasteiger partial charge in [-0.25, -0.2) is 9.78 Å². The van der Waals surface area contributed by atoms with Crippen molar-refractivity contribution in [2.24, 2.45) is 0 Å². The summed E-state index contributed by atoms with van der Waals surface area (Å²) >= 11 is 0.905. The van der Waals surface area contributed by atoms with Crippen LogP contribution in [0.3, 0.4) is 0 Å². The molecular weight excluding hydrogens is 358 g/mol. The summed E-state index contributed by atoms with van der Waals surface area (Å²) in [6.07, 6.45) is 2.13. The number of H-pyrrole nitrogens is 1. The number of aryl methyl sites for hydroxylation is 1. The number of aromatic amines is 1. The van der Waals surface area contributed by atoms with E-state index in [9.17, 15) is 14.7 Å². The SMILES string of the molecule is CCOC(=O)COc1ccc(/C=C(\Sc2n[nH]c(CC)n2)C(=O)[O-])cc1. The van der Waals surface area contributed by atoms with Gasteiger partial charge in [0.05, 0.1) is 12.6 Å². The van der Waals surface area contributed by atoms with Crippen LogP contribution in [0.5, 0.6) is 5.75 Å². The molecule has 0 atom stereocenters. The van der Waals surface area contributed by atoms with Gasteiger partial charge < -0.3 is 19.4 Å². The third-order valence-corrected chi connectivity index (χ3v) is 3.96. The Morgan fingerprint density at radius 3 is 2.58 bits per heavy atom. The Bertz CT molecular complexity index is 786. The van der Waals surface area contributed by atoms with Gasteiger partial charge in [-0.1, -0.05) is 19.1 Å². The van der Waals surface area contributed by atoms with Crippen LogP contribution in [-0.4, -0.2) is 40.3 Å². The highest BCUT2D eigenvalue weighted by atomic mass is 32.2. The summed E-state index contributed by atoms with van der Waals surface area (Å²) in [5, 5.41) is 18.3. The maximum atomic E-state index is 11.3. The van der Waals surface area contributed by atoms with Gasteiger partial charge in [0.1, 0.15) is 11.6 Å². The molecular formula is C17H18N3O5S-. The van der Waals surface area contributed by atoms with Crippen LogP contribution in [0.1, 0.15) is 25.2 Å². The first-order valence-corrected chi connectivity index (χ1v) is 8.74. The van der Waals surface area contributed by atoms with Gasteiger partial charge in [0.2, 0.25) is 5.16 Å². The summed E-state index contributed by atoms with van der Waals surface area (Å²) < 4.78 is 10.1. The molecule has 0 saturated carbocycles.